The molecule has 3 aliphatic heterocycles. The highest BCUT2D eigenvalue weighted by atomic mass is 16.5. The zero-order chi connectivity index (χ0) is 19.7. The van der Waals surface area contributed by atoms with E-state index in [9.17, 15) is 9.59 Å². The number of anilines is 1. The van der Waals surface area contributed by atoms with Crippen molar-refractivity contribution < 1.29 is 14.3 Å². The van der Waals surface area contributed by atoms with Gasteiger partial charge in [-0.05, 0) is 57.6 Å². The van der Waals surface area contributed by atoms with Crippen LogP contribution in [0.15, 0.2) is 24.3 Å². The van der Waals surface area contributed by atoms with Gasteiger partial charge < -0.3 is 14.5 Å². The Kier molecular flexibility index (Phi) is 5.43. The number of amides is 3. The number of hydrogen-bond acceptors (Lipinski definition) is 4. The lowest BCUT2D eigenvalue weighted by atomic mass is 9.85. The third kappa shape index (κ3) is 3.33. The molecule has 3 heterocycles. The lowest BCUT2D eigenvalue weighted by Crippen LogP contribution is -2.57. The monoisotopic (exact) mass is 385 g/mol. The van der Waals surface area contributed by atoms with E-state index in [1.165, 1.54) is 4.90 Å². The maximum atomic E-state index is 13.5. The number of hydrogen-bond donors (Lipinski definition) is 0. The molecule has 0 saturated carbocycles. The third-order valence-corrected chi connectivity index (χ3v) is 6.69. The second kappa shape index (κ2) is 7.84. The van der Waals surface area contributed by atoms with Gasteiger partial charge in [0.2, 0.25) is 0 Å². The predicted molar refractivity (Wildman–Crippen MR) is 108 cm³/mol. The van der Waals surface area contributed by atoms with Crippen LogP contribution in [0.5, 0.6) is 0 Å². The number of carbonyl (C=O) groups is 2. The molecule has 0 aliphatic carbocycles. The first-order valence-corrected chi connectivity index (χ1v) is 10.6. The van der Waals surface area contributed by atoms with Crippen molar-refractivity contribution in [2.45, 2.75) is 45.1 Å². The van der Waals surface area contributed by atoms with Crippen molar-refractivity contribution in [2.24, 2.45) is 5.92 Å². The van der Waals surface area contributed by atoms with Gasteiger partial charge in [0, 0.05) is 39.4 Å². The van der Waals surface area contributed by atoms with E-state index in [-0.39, 0.29) is 11.9 Å². The molecule has 3 fully saturated rings. The summed E-state index contributed by atoms with van der Waals surface area (Å²) in [7, 11) is 0. The van der Waals surface area contributed by atoms with Crippen molar-refractivity contribution in [3.8, 4) is 0 Å². The quantitative estimate of drug-likeness (QED) is 0.748. The summed E-state index contributed by atoms with van der Waals surface area (Å²) in [4.78, 5) is 32.3. The van der Waals surface area contributed by atoms with E-state index in [0.717, 1.165) is 64.1 Å². The highest BCUT2D eigenvalue weighted by molar-refractivity contribution is 6.23. The number of nitrogens with zero attached hydrogens (tertiary/aromatic N) is 3. The number of carbonyl (C=O) groups excluding carboxylic acids is 2. The minimum Gasteiger partial charge on any atom is -0.381 e. The van der Waals surface area contributed by atoms with E-state index in [1.54, 1.807) is 4.90 Å². The summed E-state index contributed by atoms with van der Waals surface area (Å²) < 4.78 is 5.47. The molecule has 0 radical (unpaired) electrons. The van der Waals surface area contributed by atoms with E-state index in [2.05, 4.69) is 4.90 Å². The van der Waals surface area contributed by atoms with Gasteiger partial charge in [0.15, 0.2) is 0 Å². The molecule has 0 aromatic heterocycles. The second-order valence-corrected chi connectivity index (χ2v) is 8.39. The number of urea groups is 1. The number of rotatable bonds is 4. The van der Waals surface area contributed by atoms with Gasteiger partial charge in [-0.2, -0.15) is 0 Å². The van der Waals surface area contributed by atoms with Crippen LogP contribution in [0.1, 0.15) is 38.2 Å². The van der Waals surface area contributed by atoms with Crippen LogP contribution in [0.25, 0.3) is 0 Å². The number of ether oxygens (including phenoxy) is 1. The molecule has 1 aromatic rings. The number of piperidine rings is 1. The standard InChI is InChI=1S/C22H31N3O3/c1-3-24-21(27)25(19-6-4-17(2)5-7-19)20(26)22(24)10-12-23(13-11-22)16-18-8-14-28-15-9-18/h4-7,18H,3,8-16H2,1-2H3. The second-order valence-electron chi connectivity index (χ2n) is 8.39. The van der Waals surface area contributed by atoms with Gasteiger partial charge in [0.05, 0.1) is 5.69 Å². The number of likely N-dealkylation sites (N-methyl/N-ethyl adjacent to an activating group) is 1. The third-order valence-electron chi connectivity index (χ3n) is 6.69. The molecule has 28 heavy (non-hydrogen) atoms. The highest BCUT2D eigenvalue weighted by Crippen LogP contribution is 2.39. The highest BCUT2D eigenvalue weighted by Gasteiger charge is 2.57. The SMILES string of the molecule is CCN1C(=O)N(c2ccc(C)cc2)C(=O)C12CCN(CC1CCOCC1)CC2. The van der Waals surface area contributed by atoms with E-state index in [1.807, 2.05) is 38.1 Å². The summed E-state index contributed by atoms with van der Waals surface area (Å²) in [5.74, 6) is 0.643. The van der Waals surface area contributed by atoms with E-state index < -0.39 is 5.54 Å². The van der Waals surface area contributed by atoms with Gasteiger partial charge in [0.1, 0.15) is 5.54 Å². The Morgan fingerprint density at radius 1 is 1.07 bits per heavy atom. The summed E-state index contributed by atoms with van der Waals surface area (Å²) >= 11 is 0. The first-order chi connectivity index (χ1) is 13.5. The average Bonchev–Trinajstić information content (AvgIpc) is 2.91. The molecule has 3 aliphatic rings. The summed E-state index contributed by atoms with van der Waals surface area (Å²) in [6, 6.07) is 7.48. The lowest BCUT2D eigenvalue weighted by Gasteiger charge is -2.43. The van der Waals surface area contributed by atoms with Crippen molar-refractivity contribution in [3.05, 3.63) is 29.8 Å². The van der Waals surface area contributed by atoms with Crippen LogP contribution < -0.4 is 4.90 Å². The molecule has 1 aromatic carbocycles. The van der Waals surface area contributed by atoms with Crippen LogP contribution in [-0.2, 0) is 9.53 Å². The van der Waals surface area contributed by atoms with Crippen LogP contribution in [0.2, 0.25) is 0 Å². The minimum atomic E-state index is -0.678. The Balaban J connectivity index is 1.49. The van der Waals surface area contributed by atoms with Crippen LogP contribution in [-0.4, -0.2) is 66.7 Å². The smallest absolute Gasteiger partial charge is 0.332 e. The molecule has 4 rings (SSSR count). The normalized spacial score (nSPS) is 23.8. The molecule has 1 spiro atoms. The van der Waals surface area contributed by atoms with Crippen molar-refractivity contribution in [2.75, 3.05) is 44.3 Å². The number of likely N-dealkylation sites (tertiary alicyclic amines) is 1. The molecule has 3 amide bonds. The van der Waals surface area contributed by atoms with E-state index in [4.69, 9.17) is 4.74 Å². The van der Waals surface area contributed by atoms with Gasteiger partial charge in [-0.25, -0.2) is 9.69 Å². The first-order valence-electron chi connectivity index (χ1n) is 10.6. The zero-order valence-corrected chi connectivity index (χ0v) is 17.0. The fraction of sp³-hybridized carbons (Fsp3) is 0.636. The Hall–Kier alpha value is -1.92. The molecule has 0 unspecified atom stereocenters. The van der Waals surface area contributed by atoms with Gasteiger partial charge in [-0.1, -0.05) is 17.7 Å². The number of aryl methyl sites for hydroxylation is 1. The predicted octanol–water partition coefficient (Wildman–Crippen LogP) is 3.04. The largest absolute Gasteiger partial charge is 0.381 e. The molecule has 3 saturated heterocycles. The zero-order valence-electron chi connectivity index (χ0n) is 17.0. The van der Waals surface area contributed by atoms with Crippen LogP contribution in [0.3, 0.4) is 0 Å². The first kappa shape index (κ1) is 19.4. The number of imide groups is 1. The summed E-state index contributed by atoms with van der Waals surface area (Å²) in [6.07, 6.45) is 3.69. The fourth-order valence-corrected chi connectivity index (χ4v) is 4.96. The molecule has 0 N–H and O–H groups in total. The Morgan fingerprint density at radius 2 is 1.71 bits per heavy atom. The molecule has 6 heteroatoms. The number of benzene rings is 1. The van der Waals surface area contributed by atoms with Crippen molar-refractivity contribution in [1.29, 1.82) is 0 Å². The van der Waals surface area contributed by atoms with E-state index >= 15 is 0 Å². The summed E-state index contributed by atoms with van der Waals surface area (Å²) in [5.41, 5.74) is 1.12. The van der Waals surface area contributed by atoms with Crippen molar-refractivity contribution in [3.63, 3.8) is 0 Å². The van der Waals surface area contributed by atoms with Gasteiger partial charge in [-0.15, -0.1) is 0 Å². The average molecular weight is 386 g/mol. The molecular weight excluding hydrogens is 354 g/mol. The van der Waals surface area contributed by atoms with Gasteiger partial charge in [0.25, 0.3) is 5.91 Å². The Labute approximate surface area is 167 Å². The maximum Gasteiger partial charge on any atom is 0.332 e. The summed E-state index contributed by atoms with van der Waals surface area (Å²) in [6.45, 7) is 9.09. The van der Waals surface area contributed by atoms with Crippen LogP contribution in [0.4, 0.5) is 10.5 Å². The van der Waals surface area contributed by atoms with Gasteiger partial charge in [-0.3, -0.25) is 4.79 Å². The Morgan fingerprint density at radius 3 is 2.32 bits per heavy atom. The molecular formula is C22H31N3O3. The van der Waals surface area contributed by atoms with Gasteiger partial charge >= 0.3 is 6.03 Å². The maximum absolute atomic E-state index is 13.5. The van der Waals surface area contributed by atoms with Crippen LogP contribution in [0, 0.1) is 12.8 Å². The molecule has 0 bridgehead atoms. The lowest BCUT2D eigenvalue weighted by molar-refractivity contribution is -0.127. The topological polar surface area (TPSA) is 53.1 Å². The van der Waals surface area contributed by atoms with E-state index in [0.29, 0.717) is 18.2 Å². The minimum absolute atomic E-state index is 0.0473. The Bertz CT molecular complexity index is 719. The van der Waals surface area contributed by atoms with Crippen molar-refractivity contribution >= 4 is 17.6 Å². The van der Waals surface area contributed by atoms with Crippen molar-refractivity contribution in [1.82, 2.24) is 9.80 Å². The summed E-state index contributed by atoms with van der Waals surface area (Å²) in [5, 5.41) is 0. The van der Waals surface area contributed by atoms with Crippen LogP contribution >= 0.6 is 0 Å². The molecule has 6 nitrogen and oxygen atoms in total. The molecule has 0 atom stereocenters. The fourth-order valence-electron chi connectivity index (χ4n) is 4.96. The molecule has 152 valence electrons.